The summed E-state index contributed by atoms with van der Waals surface area (Å²) in [6, 6.07) is 2.64. The van der Waals surface area contributed by atoms with E-state index >= 15 is 0 Å². The fourth-order valence-corrected chi connectivity index (χ4v) is 1.18. The molecule has 8 heteroatoms. The Morgan fingerprint density at radius 1 is 0.667 bits per heavy atom. The van der Waals surface area contributed by atoms with Gasteiger partial charge in [-0.15, -0.1) is 0 Å². The molecule has 0 spiro atoms. The molecule has 0 saturated carbocycles. The first-order valence-corrected chi connectivity index (χ1v) is 4.97. The molecule has 18 heavy (non-hydrogen) atoms. The van der Waals surface area contributed by atoms with Crippen LogP contribution in [0, 0.1) is 13.8 Å². The van der Waals surface area contributed by atoms with E-state index in [4.69, 9.17) is 0 Å². The van der Waals surface area contributed by atoms with Gasteiger partial charge in [0.2, 0.25) is 0 Å². The van der Waals surface area contributed by atoms with Gasteiger partial charge >= 0.3 is 11.4 Å². The second-order valence-electron chi connectivity index (χ2n) is 3.54. The lowest BCUT2D eigenvalue weighted by molar-refractivity contribution is 0.994. The highest BCUT2D eigenvalue weighted by atomic mass is 16.2. The van der Waals surface area contributed by atoms with Crippen molar-refractivity contribution >= 4 is 0 Å². The Labute approximate surface area is 99.7 Å². The van der Waals surface area contributed by atoms with E-state index in [0.717, 1.165) is 0 Å². The normalized spacial score (nSPS) is 9.44. The molecule has 2 heterocycles. The Bertz CT molecular complexity index is 627. The van der Waals surface area contributed by atoms with E-state index in [2.05, 4.69) is 9.97 Å². The first-order valence-electron chi connectivity index (χ1n) is 4.97. The molecule has 0 saturated heterocycles. The van der Waals surface area contributed by atoms with Gasteiger partial charge in [0, 0.05) is 23.5 Å². The summed E-state index contributed by atoms with van der Waals surface area (Å²) >= 11 is 0. The first-order chi connectivity index (χ1) is 8.36. The van der Waals surface area contributed by atoms with Crippen molar-refractivity contribution in [3.63, 3.8) is 0 Å². The number of nitrogens with one attached hydrogen (secondary N) is 4. The molecule has 2 rings (SSSR count). The van der Waals surface area contributed by atoms with Crippen molar-refractivity contribution in [3.8, 4) is 0 Å². The molecular weight excluding hydrogens is 240 g/mol. The monoisotopic (exact) mass is 252 g/mol. The van der Waals surface area contributed by atoms with E-state index in [1.807, 2.05) is 9.97 Å². The summed E-state index contributed by atoms with van der Waals surface area (Å²) in [5.74, 6) is 0. The minimum Gasteiger partial charge on any atom is -0.312 e. The van der Waals surface area contributed by atoms with Crippen molar-refractivity contribution in [2.45, 2.75) is 13.8 Å². The van der Waals surface area contributed by atoms with Gasteiger partial charge in [-0.1, -0.05) is 0 Å². The topological polar surface area (TPSA) is 131 Å². The molecule has 8 nitrogen and oxygen atoms in total. The predicted molar refractivity (Wildman–Crippen MR) is 64.8 cm³/mol. The first kappa shape index (κ1) is 13.4. The van der Waals surface area contributed by atoms with E-state index in [0.29, 0.717) is 11.4 Å². The van der Waals surface area contributed by atoms with Crippen LogP contribution in [0.15, 0.2) is 31.3 Å². The largest absolute Gasteiger partial charge is 0.325 e. The third kappa shape index (κ3) is 4.47. The molecule has 0 aromatic carbocycles. The number of hydrogen-bond acceptors (Lipinski definition) is 4. The summed E-state index contributed by atoms with van der Waals surface area (Å²) in [5, 5.41) is 0. The lowest BCUT2D eigenvalue weighted by Crippen LogP contribution is -2.21. The molecule has 2 aromatic rings. The van der Waals surface area contributed by atoms with Crippen molar-refractivity contribution in [3.05, 3.63) is 65.2 Å². The summed E-state index contributed by atoms with van der Waals surface area (Å²) in [6.45, 7) is 3.30. The molecule has 0 unspecified atom stereocenters. The van der Waals surface area contributed by atoms with E-state index in [9.17, 15) is 19.2 Å². The molecule has 0 amide bonds. The van der Waals surface area contributed by atoms with Gasteiger partial charge < -0.3 is 9.97 Å². The van der Waals surface area contributed by atoms with Crippen LogP contribution in [0.2, 0.25) is 0 Å². The molecule has 0 aliphatic carbocycles. The van der Waals surface area contributed by atoms with Crippen LogP contribution in [-0.4, -0.2) is 19.9 Å². The maximum absolute atomic E-state index is 10.4. The summed E-state index contributed by atoms with van der Waals surface area (Å²) in [6.07, 6.45) is 0. The lowest BCUT2D eigenvalue weighted by Gasteiger charge is -1.85. The van der Waals surface area contributed by atoms with Crippen molar-refractivity contribution in [1.82, 2.24) is 19.9 Å². The Balaban J connectivity index is 0.000000180. The number of aromatic amines is 4. The standard InChI is InChI=1S/2C5H6N2O2/c2*1-3-2-4(8)7-5(9)6-3/h2*2H,1H3,(H2,6,7,8,9). The molecule has 0 atom stereocenters. The van der Waals surface area contributed by atoms with Gasteiger partial charge in [-0.05, 0) is 13.8 Å². The number of H-pyrrole nitrogens is 4. The maximum Gasteiger partial charge on any atom is 0.325 e. The second kappa shape index (κ2) is 5.62. The van der Waals surface area contributed by atoms with E-state index in [1.54, 1.807) is 13.8 Å². The maximum atomic E-state index is 10.4. The van der Waals surface area contributed by atoms with Gasteiger partial charge in [-0.25, -0.2) is 9.59 Å². The predicted octanol–water partition coefficient (Wildman–Crippen LogP) is -1.26. The molecule has 2 aromatic heterocycles. The van der Waals surface area contributed by atoms with Gasteiger partial charge in [-0.2, -0.15) is 0 Å². The molecule has 0 aliphatic heterocycles. The minimum atomic E-state index is -0.458. The summed E-state index contributed by atoms with van der Waals surface area (Å²) in [7, 11) is 0. The lowest BCUT2D eigenvalue weighted by atomic mass is 10.5. The fourth-order valence-electron chi connectivity index (χ4n) is 1.18. The molecule has 0 radical (unpaired) electrons. The molecular formula is C10H12N4O4. The van der Waals surface area contributed by atoms with Gasteiger partial charge in [0.05, 0.1) is 0 Å². The van der Waals surface area contributed by atoms with Crippen LogP contribution < -0.4 is 22.5 Å². The molecule has 0 bridgehead atoms. The van der Waals surface area contributed by atoms with Crippen LogP contribution in [0.1, 0.15) is 11.4 Å². The zero-order chi connectivity index (χ0) is 13.7. The highest BCUT2D eigenvalue weighted by Crippen LogP contribution is 1.74. The SMILES string of the molecule is Cc1cc(=O)[nH]c(=O)[nH]1.Cc1cc(=O)[nH]c(=O)[nH]1. The number of aromatic nitrogens is 4. The highest BCUT2D eigenvalue weighted by Gasteiger charge is 1.86. The van der Waals surface area contributed by atoms with Crippen molar-refractivity contribution in [2.24, 2.45) is 0 Å². The average molecular weight is 252 g/mol. The number of rotatable bonds is 0. The quantitative estimate of drug-likeness (QED) is 0.466. The van der Waals surface area contributed by atoms with E-state index < -0.39 is 11.4 Å². The van der Waals surface area contributed by atoms with E-state index in [-0.39, 0.29) is 11.1 Å². The minimum absolute atomic E-state index is 0.365. The van der Waals surface area contributed by atoms with Crippen molar-refractivity contribution < 1.29 is 0 Å². The van der Waals surface area contributed by atoms with E-state index in [1.165, 1.54) is 12.1 Å². The zero-order valence-electron chi connectivity index (χ0n) is 9.79. The van der Waals surface area contributed by atoms with Crippen molar-refractivity contribution in [1.29, 1.82) is 0 Å². The van der Waals surface area contributed by atoms with Crippen LogP contribution in [0.5, 0.6) is 0 Å². The van der Waals surface area contributed by atoms with Gasteiger partial charge in [0.15, 0.2) is 0 Å². The third-order valence-electron chi connectivity index (χ3n) is 1.79. The Hall–Kier alpha value is -2.64. The average Bonchev–Trinajstić information content (AvgIpc) is 2.12. The highest BCUT2D eigenvalue weighted by molar-refractivity contribution is 4.94. The Morgan fingerprint density at radius 2 is 1.00 bits per heavy atom. The van der Waals surface area contributed by atoms with Crippen molar-refractivity contribution in [2.75, 3.05) is 0 Å². The van der Waals surface area contributed by atoms with Crippen LogP contribution in [0.4, 0.5) is 0 Å². The second-order valence-corrected chi connectivity index (χ2v) is 3.54. The zero-order valence-corrected chi connectivity index (χ0v) is 9.79. The van der Waals surface area contributed by atoms with Gasteiger partial charge in [0.1, 0.15) is 0 Å². The smallest absolute Gasteiger partial charge is 0.312 e. The third-order valence-corrected chi connectivity index (χ3v) is 1.79. The summed E-state index contributed by atoms with van der Waals surface area (Å²) < 4.78 is 0. The fraction of sp³-hybridized carbons (Fsp3) is 0.200. The van der Waals surface area contributed by atoms with Crippen LogP contribution >= 0.6 is 0 Å². The molecule has 4 N–H and O–H groups in total. The Morgan fingerprint density at radius 3 is 1.22 bits per heavy atom. The number of aryl methyl sites for hydroxylation is 2. The van der Waals surface area contributed by atoms with Gasteiger partial charge in [0.25, 0.3) is 11.1 Å². The molecule has 96 valence electrons. The van der Waals surface area contributed by atoms with Crippen LogP contribution in [0.3, 0.4) is 0 Å². The number of hydrogen-bond donors (Lipinski definition) is 4. The summed E-state index contributed by atoms with van der Waals surface area (Å²) in [5.41, 5.74) is -0.500. The van der Waals surface area contributed by atoms with Crippen LogP contribution in [0.25, 0.3) is 0 Å². The summed E-state index contributed by atoms with van der Waals surface area (Å²) in [4.78, 5) is 50.6. The Kier molecular flexibility index (Phi) is 4.19. The van der Waals surface area contributed by atoms with Crippen LogP contribution in [-0.2, 0) is 0 Å². The molecule has 0 fully saturated rings. The van der Waals surface area contributed by atoms with Gasteiger partial charge in [-0.3, -0.25) is 19.6 Å². The molecule has 0 aliphatic rings.